The van der Waals surface area contributed by atoms with Crippen molar-refractivity contribution >= 4 is 11.6 Å². The molecule has 1 saturated heterocycles. The van der Waals surface area contributed by atoms with Crippen LogP contribution in [0.2, 0.25) is 0 Å². The SMILES string of the molecule is CCCN1CCN(c2cccc([N+](=O)[O-])n2)CC1. The molecule has 0 unspecified atom stereocenters. The molecule has 6 heteroatoms. The zero-order valence-corrected chi connectivity index (χ0v) is 10.6. The van der Waals surface area contributed by atoms with Crippen molar-refractivity contribution in [1.82, 2.24) is 9.88 Å². The van der Waals surface area contributed by atoms with E-state index in [4.69, 9.17) is 0 Å². The lowest BCUT2D eigenvalue weighted by molar-refractivity contribution is -0.389. The molecule has 0 N–H and O–H groups in total. The lowest BCUT2D eigenvalue weighted by Gasteiger charge is -2.33. The quantitative estimate of drug-likeness (QED) is 0.599. The lowest BCUT2D eigenvalue weighted by Crippen LogP contribution is -2.46. The highest BCUT2D eigenvalue weighted by molar-refractivity contribution is 5.42. The fraction of sp³-hybridized carbons (Fsp3) is 0.583. The topological polar surface area (TPSA) is 62.5 Å². The van der Waals surface area contributed by atoms with Crippen molar-refractivity contribution < 1.29 is 4.92 Å². The molecule has 2 rings (SSSR count). The predicted octanol–water partition coefficient (Wildman–Crippen LogP) is 1.52. The van der Waals surface area contributed by atoms with Crippen LogP contribution in [0.15, 0.2) is 18.2 Å². The first kappa shape index (κ1) is 12.8. The van der Waals surface area contributed by atoms with Crippen LogP contribution in [0.1, 0.15) is 13.3 Å². The second-order valence-electron chi connectivity index (χ2n) is 4.44. The molecule has 0 spiro atoms. The number of hydrogen-bond donors (Lipinski definition) is 0. The molecule has 0 saturated carbocycles. The molecule has 0 radical (unpaired) electrons. The van der Waals surface area contributed by atoms with Gasteiger partial charge in [0.2, 0.25) is 5.82 Å². The van der Waals surface area contributed by atoms with Crippen molar-refractivity contribution in [2.24, 2.45) is 0 Å². The van der Waals surface area contributed by atoms with Gasteiger partial charge in [-0.15, -0.1) is 0 Å². The van der Waals surface area contributed by atoms with Gasteiger partial charge in [0.25, 0.3) is 0 Å². The smallest absolute Gasteiger partial charge is 0.358 e. The minimum Gasteiger partial charge on any atom is -0.358 e. The Balaban J connectivity index is 2.01. The van der Waals surface area contributed by atoms with Gasteiger partial charge in [-0.2, -0.15) is 0 Å². The summed E-state index contributed by atoms with van der Waals surface area (Å²) >= 11 is 0. The fourth-order valence-corrected chi connectivity index (χ4v) is 2.21. The van der Waals surface area contributed by atoms with E-state index in [1.54, 1.807) is 6.07 Å². The maximum absolute atomic E-state index is 10.7. The van der Waals surface area contributed by atoms with Gasteiger partial charge < -0.3 is 15.0 Å². The van der Waals surface area contributed by atoms with Gasteiger partial charge in [0, 0.05) is 38.3 Å². The third kappa shape index (κ3) is 2.95. The highest BCUT2D eigenvalue weighted by Gasteiger charge is 2.21. The molecule has 1 fully saturated rings. The highest BCUT2D eigenvalue weighted by Crippen LogP contribution is 2.17. The average molecular weight is 250 g/mol. The number of anilines is 1. The molecule has 0 atom stereocenters. The number of aromatic nitrogens is 1. The molecule has 18 heavy (non-hydrogen) atoms. The number of nitro groups is 1. The number of hydrogen-bond acceptors (Lipinski definition) is 5. The maximum Gasteiger partial charge on any atom is 0.365 e. The van der Waals surface area contributed by atoms with E-state index in [0.29, 0.717) is 5.82 Å². The van der Waals surface area contributed by atoms with Crippen LogP contribution in [0.4, 0.5) is 11.6 Å². The Bertz CT molecular complexity index is 416. The minimum absolute atomic E-state index is 0.0801. The fourth-order valence-electron chi connectivity index (χ4n) is 2.21. The van der Waals surface area contributed by atoms with Crippen LogP contribution in [0.25, 0.3) is 0 Å². The molecule has 1 aliphatic rings. The summed E-state index contributed by atoms with van der Waals surface area (Å²) in [7, 11) is 0. The summed E-state index contributed by atoms with van der Waals surface area (Å²) in [6.07, 6.45) is 1.16. The molecule has 1 aromatic heterocycles. The van der Waals surface area contributed by atoms with Gasteiger partial charge in [0.05, 0.1) is 0 Å². The first-order valence-corrected chi connectivity index (χ1v) is 6.29. The monoisotopic (exact) mass is 250 g/mol. The van der Waals surface area contributed by atoms with E-state index >= 15 is 0 Å². The summed E-state index contributed by atoms with van der Waals surface area (Å²) in [5, 5.41) is 10.7. The average Bonchev–Trinajstić information content (AvgIpc) is 2.40. The highest BCUT2D eigenvalue weighted by atomic mass is 16.6. The van der Waals surface area contributed by atoms with Crippen molar-refractivity contribution in [2.75, 3.05) is 37.6 Å². The van der Waals surface area contributed by atoms with Crippen LogP contribution in [0, 0.1) is 10.1 Å². The van der Waals surface area contributed by atoms with Gasteiger partial charge in [-0.1, -0.05) is 6.92 Å². The van der Waals surface area contributed by atoms with E-state index in [0.717, 1.165) is 39.1 Å². The van der Waals surface area contributed by atoms with E-state index < -0.39 is 4.92 Å². The number of piperazine rings is 1. The standard InChI is InChI=1S/C12H18N4O2/c1-2-6-14-7-9-15(10-8-14)11-4-3-5-12(13-11)16(17)18/h3-5H,2,6-10H2,1H3. The maximum atomic E-state index is 10.7. The Morgan fingerprint density at radius 1 is 1.33 bits per heavy atom. The van der Waals surface area contributed by atoms with Crippen LogP contribution in [-0.4, -0.2) is 47.5 Å². The molecule has 98 valence electrons. The Labute approximate surface area is 106 Å². The summed E-state index contributed by atoms with van der Waals surface area (Å²) in [6.45, 7) is 7.06. The largest absolute Gasteiger partial charge is 0.365 e. The van der Waals surface area contributed by atoms with E-state index in [-0.39, 0.29) is 5.82 Å². The second kappa shape index (κ2) is 5.77. The Morgan fingerprint density at radius 3 is 2.67 bits per heavy atom. The van der Waals surface area contributed by atoms with Crippen LogP contribution in [0.3, 0.4) is 0 Å². The van der Waals surface area contributed by atoms with Gasteiger partial charge in [0.15, 0.2) is 0 Å². The molecule has 0 aromatic carbocycles. The van der Waals surface area contributed by atoms with Gasteiger partial charge in [-0.05, 0) is 28.9 Å². The Morgan fingerprint density at radius 2 is 2.06 bits per heavy atom. The third-order valence-electron chi connectivity index (χ3n) is 3.14. The van der Waals surface area contributed by atoms with E-state index in [2.05, 4.69) is 21.7 Å². The molecule has 2 heterocycles. The van der Waals surface area contributed by atoms with Crippen molar-refractivity contribution in [1.29, 1.82) is 0 Å². The number of rotatable bonds is 4. The molecule has 0 bridgehead atoms. The minimum atomic E-state index is -0.448. The van der Waals surface area contributed by atoms with Crippen LogP contribution < -0.4 is 4.90 Å². The Kier molecular flexibility index (Phi) is 4.09. The van der Waals surface area contributed by atoms with Gasteiger partial charge in [-0.25, -0.2) is 0 Å². The molecular weight excluding hydrogens is 232 g/mol. The van der Waals surface area contributed by atoms with Crippen molar-refractivity contribution in [3.63, 3.8) is 0 Å². The van der Waals surface area contributed by atoms with Crippen molar-refractivity contribution in [3.8, 4) is 0 Å². The van der Waals surface area contributed by atoms with E-state index in [9.17, 15) is 10.1 Å². The zero-order chi connectivity index (χ0) is 13.0. The molecule has 1 aromatic rings. The van der Waals surface area contributed by atoms with Crippen molar-refractivity contribution in [3.05, 3.63) is 28.3 Å². The number of nitrogens with zero attached hydrogens (tertiary/aromatic N) is 4. The van der Waals surface area contributed by atoms with Crippen LogP contribution >= 0.6 is 0 Å². The summed E-state index contributed by atoms with van der Waals surface area (Å²) in [6, 6.07) is 4.96. The zero-order valence-electron chi connectivity index (χ0n) is 10.6. The van der Waals surface area contributed by atoms with E-state index in [1.807, 2.05) is 6.07 Å². The molecule has 6 nitrogen and oxygen atoms in total. The summed E-state index contributed by atoms with van der Waals surface area (Å²) in [5.41, 5.74) is 0. The molecule has 1 aliphatic heterocycles. The lowest BCUT2D eigenvalue weighted by atomic mass is 10.3. The summed E-state index contributed by atoms with van der Waals surface area (Å²) in [5.74, 6) is 0.629. The van der Waals surface area contributed by atoms with Gasteiger partial charge >= 0.3 is 5.82 Å². The second-order valence-corrected chi connectivity index (χ2v) is 4.44. The summed E-state index contributed by atoms with van der Waals surface area (Å²) < 4.78 is 0. The van der Waals surface area contributed by atoms with Crippen LogP contribution in [-0.2, 0) is 0 Å². The first-order chi connectivity index (χ1) is 8.70. The summed E-state index contributed by atoms with van der Waals surface area (Å²) in [4.78, 5) is 18.8. The first-order valence-electron chi connectivity index (χ1n) is 6.29. The molecular formula is C12H18N4O2. The van der Waals surface area contributed by atoms with Gasteiger partial charge in [-0.3, -0.25) is 4.90 Å². The van der Waals surface area contributed by atoms with Crippen LogP contribution in [0.5, 0.6) is 0 Å². The third-order valence-corrected chi connectivity index (χ3v) is 3.14. The Hall–Kier alpha value is -1.69. The van der Waals surface area contributed by atoms with Gasteiger partial charge in [0.1, 0.15) is 0 Å². The number of pyridine rings is 1. The predicted molar refractivity (Wildman–Crippen MR) is 69.8 cm³/mol. The molecule has 0 aliphatic carbocycles. The molecule has 0 amide bonds. The van der Waals surface area contributed by atoms with E-state index in [1.165, 1.54) is 6.07 Å². The normalized spacial score (nSPS) is 16.8. The van der Waals surface area contributed by atoms with Crippen molar-refractivity contribution in [2.45, 2.75) is 13.3 Å².